The zero-order chi connectivity index (χ0) is 38.7. The number of hydrogen-bond acceptors (Lipinski definition) is 6. The van der Waals surface area contributed by atoms with E-state index in [-0.39, 0.29) is 31.6 Å². The molecule has 0 aromatic heterocycles. The smallest absolute Gasteiger partial charge is 0.306 e. The molecule has 6 nitrogen and oxygen atoms in total. The van der Waals surface area contributed by atoms with Crippen LogP contribution in [-0.4, -0.2) is 37.2 Å². The molecule has 53 heavy (non-hydrogen) atoms. The molecule has 304 valence electrons. The number of rotatable bonds is 38. The average Bonchev–Trinajstić information content (AvgIpc) is 3.15. The molecule has 0 fully saturated rings. The van der Waals surface area contributed by atoms with Gasteiger partial charge in [-0.15, -0.1) is 0 Å². The molecule has 0 aliphatic carbocycles. The van der Waals surface area contributed by atoms with E-state index in [1.54, 1.807) is 0 Å². The van der Waals surface area contributed by atoms with Gasteiger partial charge in [-0.2, -0.15) is 0 Å². The Morgan fingerprint density at radius 1 is 0.396 bits per heavy atom. The van der Waals surface area contributed by atoms with Crippen LogP contribution >= 0.6 is 0 Å². The van der Waals surface area contributed by atoms with Gasteiger partial charge in [0.1, 0.15) is 13.2 Å². The first-order valence-corrected chi connectivity index (χ1v) is 21.8. The van der Waals surface area contributed by atoms with Gasteiger partial charge in [-0.25, -0.2) is 0 Å². The highest BCUT2D eigenvalue weighted by molar-refractivity contribution is 5.71. The van der Waals surface area contributed by atoms with Crippen molar-refractivity contribution in [2.75, 3.05) is 13.2 Å². The van der Waals surface area contributed by atoms with Crippen molar-refractivity contribution in [1.82, 2.24) is 0 Å². The Kier molecular flexibility index (Phi) is 39.6. The lowest BCUT2D eigenvalue weighted by Gasteiger charge is -2.18. The minimum absolute atomic E-state index is 0.105. The number of carbonyl (C=O) groups excluding carboxylic acids is 3. The summed E-state index contributed by atoms with van der Waals surface area (Å²) in [5, 5.41) is 0. The van der Waals surface area contributed by atoms with Gasteiger partial charge in [-0.05, 0) is 70.6 Å². The van der Waals surface area contributed by atoms with Crippen molar-refractivity contribution in [3.63, 3.8) is 0 Å². The summed E-state index contributed by atoms with van der Waals surface area (Å²) >= 11 is 0. The minimum atomic E-state index is -0.809. The first-order chi connectivity index (χ1) is 26.0. The van der Waals surface area contributed by atoms with E-state index in [0.29, 0.717) is 19.3 Å². The van der Waals surface area contributed by atoms with Crippen LogP contribution in [0.25, 0.3) is 0 Å². The Labute approximate surface area is 326 Å². The number of allylic oxidation sites excluding steroid dienone is 10. The molecular formula is C47H80O6. The molecule has 0 aromatic rings. The predicted octanol–water partition coefficient (Wildman–Crippen LogP) is 13.7. The van der Waals surface area contributed by atoms with Crippen molar-refractivity contribution >= 4 is 17.9 Å². The molecule has 0 saturated heterocycles. The van der Waals surface area contributed by atoms with Gasteiger partial charge in [-0.3, -0.25) is 14.4 Å². The van der Waals surface area contributed by atoms with Crippen molar-refractivity contribution in [3.05, 3.63) is 60.8 Å². The molecule has 0 bridgehead atoms. The van der Waals surface area contributed by atoms with Crippen LogP contribution in [0.15, 0.2) is 60.8 Å². The zero-order valence-corrected chi connectivity index (χ0v) is 34.5. The summed E-state index contributed by atoms with van der Waals surface area (Å²) in [6.07, 6.45) is 49.4. The molecule has 0 aliphatic rings. The lowest BCUT2D eigenvalue weighted by Crippen LogP contribution is -2.30. The molecule has 0 saturated carbocycles. The molecule has 0 aliphatic heterocycles. The summed E-state index contributed by atoms with van der Waals surface area (Å²) in [6, 6.07) is 0. The van der Waals surface area contributed by atoms with E-state index in [9.17, 15) is 14.4 Å². The molecular weight excluding hydrogens is 661 g/mol. The van der Waals surface area contributed by atoms with Crippen LogP contribution in [-0.2, 0) is 28.6 Å². The van der Waals surface area contributed by atoms with E-state index in [1.807, 2.05) is 12.2 Å². The van der Waals surface area contributed by atoms with Crippen molar-refractivity contribution in [2.24, 2.45) is 0 Å². The maximum atomic E-state index is 12.6. The second-order valence-corrected chi connectivity index (χ2v) is 14.2. The first kappa shape index (κ1) is 50.1. The van der Waals surface area contributed by atoms with Gasteiger partial charge in [0.15, 0.2) is 6.10 Å². The zero-order valence-electron chi connectivity index (χ0n) is 34.5. The van der Waals surface area contributed by atoms with Gasteiger partial charge >= 0.3 is 17.9 Å². The van der Waals surface area contributed by atoms with E-state index >= 15 is 0 Å². The van der Waals surface area contributed by atoms with Crippen LogP contribution in [0.1, 0.15) is 201 Å². The normalized spacial score (nSPS) is 12.6. The maximum absolute atomic E-state index is 12.6. The number of unbranched alkanes of at least 4 members (excludes halogenated alkanes) is 17. The Hall–Kier alpha value is -2.89. The monoisotopic (exact) mass is 741 g/mol. The summed E-state index contributed by atoms with van der Waals surface area (Å²) in [6.45, 7) is 6.39. The Morgan fingerprint density at radius 2 is 0.774 bits per heavy atom. The molecule has 1 atom stereocenters. The van der Waals surface area contributed by atoms with Gasteiger partial charge in [-0.1, -0.05) is 171 Å². The third kappa shape index (κ3) is 40.1. The van der Waals surface area contributed by atoms with E-state index in [2.05, 4.69) is 69.4 Å². The highest BCUT2D eigenvalue weighted by Crippen LogP contribution is 2.12. The fraction of sp³-hybridized carbons (Fsp3) is 0.723. The van der Waals surface area contributed by atoms with Gasteiger partial charge < -0.3 is 14.2 Å². The molecule has 1 unspecified atom stereocenters. The topological polar surface area (TPSA) is 78.9 Å². The Balaban J connectivity index is 4.46. The minimum Gasteiger partial charge on any atom is -0.462 e. The van der Waals surface area contributed by atoms with Gasteiger partial charge in [0.05, 0.1) is 0 Å². The van der Waals surface area contributed by atoms with E-state index in [0.717, 1.165) is 70.6 Å². The van der Waals surface area contributed by atoms with Gasteiger partial charge in [0, 0.05) is 19.3 Å². The molecule has 0 N–H and O–H groups in total. The van der Waals surface area contributed by atoms with E-state index in [4.69, 9.17) is 14.2 Å². The first-order valence-electron chi connectivity index (χ1n) is 21.8. The summed E-state index contributed by atoms with van der Waals surface area (Å²) < 4.78 is 16.6. The van der Waals surface area contributed by atoms with E-state index in [1.165, 1.54) is 83.5 Å². The Morgan fingerprint density at radius 3 is 1.23 bits per heavy atom. The Bertz CT molecular complexity index is 991. The van der Waals surface area contributed by atoms with Crippen molar-refractivity contribution in [2.45, 2.75) is 207 Å². The van der Waals surface area contributed by atoms with Crippen molar-refractivity contribution in [3.8, 4) is 0 Å². The molecule has 6 heteroatoms. The van der Waals surface area contributed by atoms with E-state index < -0.39 is 12.1 Å². The number of hydrogen-bond donors (Lipinski definition) is 0. The summed E-state index contributed by atoms with van der Waals surface area (Å²) in [5.41, 5.74) is 0. The number of esters is 3. The quantitative estimate of drug-likeness (QED) is 0.0271. The van der Waals surface area contributed by atoms with Crippen molar-refractivity contribution < 1.29 is 28.6 Å². The molecule has 0 aromatic carbocycles. The summed E-state index contributed by atoms with van der Waals surface area (Å²) in [7, 11) is 0. The lowest BCUT2D eigenvalue weighted by molar-refractivity contribution is -0.166. The molecule has 0 rings (SSSR count). The molecule has 0 amide bonds. The highest BCUT2D eigenvalue weighted by Gasteiger charge is 2.19. The second kappa shape index (κ2) is 41.9. The van der Waals surface area contributed by atoms with Crippen LogP contribution in [0.3, 0.4) is 0 Å². The fourth-order valence-electron chi connectivity index (χ4n) is 5.74. The van der Waals surface area contributed by atoms with Crippen LogP contribution in [0.5, 0.6) is 0 Å². The fourth-order valence-corrected chi connectivity index (χ4v) is 5.74. The standard InChI is InChI=1S/C47H80O6/c1-4-7-10-13-16-19-21-23-25-26-28-31-34-37-40-46(49)52-43-44(42-51-45(48)39-36-33-30-18-15-12-9-6-3)53-47(50)41-38-35-32-29-27-24-22-20-17-14-11-8-5-2/h8,11,17,20-21,23-24,27,32,35,44H,4-7,9-10,12-16,18-19,22,25-26,28-31,33-34,36-43H2,1-3H3/b11-8-,20-17-,23-21-,27-24-,35-32-. The van der Waals surface area contributed by atoms with Crippen LogP contribution in [0.4, 0.5) is 0 Å². The molecule has 0 spiro atoms. The lowest BCUT2D eigenvalue weighted by atomic mass is 10.1. The van der Waals surface area contributed by atoms with Crippen LogP contribution in [0, 0.1) is 0 Å². The molecule has 0 radical (unpaired) electrons. The number of carbonyl (C=O) groups is 3. The molecule has 0 heterocycles. The van der Waals surface area contributed by atoms with Gasteiger partial charge in [0.2, 0.25) is 0 Å². The SMILES string of the molecule is CC/C=C\C/C=C\C/C=C\C/C=C\CCC(=O)OC(COC(=O)CCCCCCC/C=C\CCCCCCC)COC(=O)CCCCCCCCCC. The average molecular weight is 741 g/mol. The second-order valence-electron chi connectivity index (χ2n) is 14.2. The van der Waals surface area contributed by atoms with Gasteiger partial charge in [0.25, 0.3) is 0 Å². The predicted molar refractivity (Wildman–Crippen MR) is 224 cm³/mol. The summed E-state index contributed by atoms with van der Waals surface area (Å²) in [5.74, 6) is -1.01. The number of ether oxygens (including phenoxy) is 3. The largest absolute Gasteiger partial charge is 0.462 e. The maximum Gasteiger partial charge on any atom is 0.306 e. The summed E-state index contributed by atoms with van der Waals surface area (Å²) in [4.78, 5) is 37.5. The highest BCUT2D eigenvalue weighted by atomic mass is 16.6. The van der Waals surface area contributed by atoms with Crippen molar-refractivity contribution in [1.29, 1.82) is 0 Å². The van der Waals surface area contributed by atoms with Crippen LogP contribution < -0.4 is 0 Å². The third-order valence-corrected chi connectivity index (χ3v) is 9.02. The third-order valence-electron chi connectivity index (χ3n) is 9.02. The van der Waals surface area contributed by atoms with Crippen LogP contribution in [0.2, 0.25) is 0 Å².